The van der Waals surface area contributed by atoms with Crippen LogP contribution >= 0.6 is 11.3 Å². The number of nitrogens with one attached hydrogen (secondary N) is 1. The van der Waals surface area contributed by atoms with Crippen molar-refractivity contribution < 1.29 is 9.53 Å². The van der Waals surface area contributed by atoms with Crippen molar-refractivity contribution in [2.24, 2.45) is 0 Å². The summed E-state index contributed by atoms with van der Waals surface area (Å²) in [6.07, 6.45) is 2.17. The first-order valence-corrected chi connectivity index (χ1v) is 11.1. The van der Waals surface area contributed by atoms with Gasteiger partial charge in [-0.15, -0.1) is 11.3 Å². The zero-order chi connectivity index (χ0) is 19.9. The molecule has 4 rings (SSSR count). The Kier molecular flexibility index (Phi) is 6.87. The van der Waals surface area contributed by atoms with Gasteiger partial charge in [0.2, 0.25) is 5.91 Å². The van der Waals surface area contributed by atoms with Gasteiger partial charge >= 0.3 is 0 Å². The summed E-state index contributed by atoms with van der Waals surface area (Å²) in [4.78, 5) is 19.7. The Balaban J connectivity index is 1.32. The Morgan fingerprint density at radius 3 is 2.66 bits per heavy atom. The van der Waals surface area contributed by atoms with Crippen LogP contribution in [0.3, 0.4) is 0 Å². The van der Waals surface area contributed by atoms with Gasteiger partial charge in [0.15, 0.2) is 0 Å². The first kappa shape index (κ1) is 20.0. The Bertz CT molecular complexity index is 889. The van der Waals surface area contributed by atoms with Gasteiger partial charge in [0.1, 0.15) is 0 Å². The third kappa shape index (κ3) is 5.63. The maximum Gasteiger partial charge on any atom is 0.220 e. The van der Waals surface area contributed by atoms with E-state index in [0.717, 1.165) is 61.8 Å². The molecule has 1 N–H and O–H groups in total. The maximum absolute atomic E-state index is 12.7. The molecule has 29 heavy (non-hydrogen) atoms. The monoisotopic (exact) mass is 409 g/mol. The number of hydrogen-bond acceptors (Lipinski definition) is 5. The average molecular weight is 410 g/mol. The van der Waals surface area contributed by atoms with E-state index in [2.05, 4.69) is 33.4 Å². The lowest BCUT2D eigenvalue weighted by atomic mass is 10.1. The fourth-order valence-electron chi connectivity index (χ4n) is 3.66. The highest BCUT2D eigenvalue weighted by Gasteiger charge is 2.20. The topological polar surface area (TPSA) is 54.5 Å². The number of amides is 1. The van der Waals surface area contributed by atoms with E-state index in [4.69, 9.17) is 4.74 Å². The lowest BCUT2D eigenvalue weighted by molar-refractivity contribution is -0.122. The minimum atomic E-state index is 0.00394. The van der Waals surface area contributed by atoms with Gasteiger partial charge in [-0.1, -0.05) is 42.5 Å². The van der Waals surface area contributed by atoms with E-state index in [1.807, 2.05) is 36.4 Å². The second-order valence-electron chi connectivity index (χ2n) is 7.37. The summed E-state index contributed by atoms with van der Waals surface area (Å²) in [5.41, 5.74) is 2.20. The highest BCUT2D eigenvalue weighted by atomic mass is 32.1. The standard InChI is InChI=1S/C23H27N3O2S/c27-22(11-6-12-23-25-19-9-4-5-10-21(19)29-23)24-20(18-7-2-1-3-8-18)17-26-13-15-28-16-14-26/h1-5,7-10,20H,6,11-17H2,(H,24,27). The Labute approximate surface area is 175 Å². The molecule has 0 spiro atoms. The number of carbonyl (C=O) groups excluding carboxylic acids is 1. The SMILES string of the molecule is O=C(CCCc1nc2ccccc2s1)NC(CN1CCOCC1)c1ccccc1. The van der Waals surface area contributed by atoms with Gasteiger partial charge in [-0.05, 0) is 30.5 Å². The molecule has 152 valence electrons. The minimum Gasteiger partial charge on any atom is -0.379 e. The van der Waals surface area contributed by atoms with Crippen molar-refractivity contribution >= 4 is 27.5 Å². The third-order valence-electron chi connectivity index (χ3n) is 5.21. The minimum absolute atomic E-state index is 0.00394. The zero-order valence-electron chi connectivity index (χ0n) is 16.5. The van der Waals surface area contributed by atoms with Crippen LogP contribution < -0.4 is 5.32 Å². The molecule has 0 saturated carbocycles. The summed E-state index contributed by atoms with van der Waals surface area (Å²) in [6.45, 7) is 4.17. The second-order valence-corrected chi connectivity index (χ2v) is 8.49. The van der Waals surface area contributed by atoms with Crippen molar-refractivity contribution in [3.8, 4) is 0 Å². The van der Waals surface area contributed by atoms with Gasteiger partial charge in [-0.25, -0.2) is 4.98 Å². The van der Waals surface area contributed by atoms with Gasteiger partial charge in [0.25, 0.3) is 0 Å². The first-order valence-electron chi connectivity index (χ1n) is 10.3. The Morgan fingerprint density at radius 1 is 1.10 bits per heavy atom. The fourth-order valence-corrected chi connectivity index (χ4v) is 4.66. The summed E-state index contributed by atoms with van der Waals surface area (Å²) in [5, 5.41) is 4.36. The van der Waals surface area contributed by atoms with Crippen LogP contribution in [0.15, 0.2) is 54.6 Å². The summed E-state index contributed by atoms with van der Waals surface area (Å²) in [6, 6.07) is 18.4. The van der Waals surface area contributed by atoms with Crippen LogP contribution in [0.5, 0.6) is 0 Å². The van der Waals surface area contributed by atoms with Crippen molar-refractivity contribution in [1.29, 1.82) is 0 Å². The average Bonchev–Trinajstić information content (AvgIpc) is 3.17. The molecule has 1 aliphatic rings. The predicted molar refractivity (Wildman–Crippen MR) is 117 cm³/mol. The van der Waals surface area contributed by atoms with Crippen LogP contribution in [-0.2, 0) is 16.0 Å². The predicted octanol–water partition coefficient (Wildman–Crippen LogP) is 3.81. The number of thiazole rings is 1. The van der Waals surface area contributed by atoms with Crippen molar-refractivity contribution in [1.82, 2.24) is 15.2 Å². The largest absolute Gasteiger partial charge is 0.379 e. The number of aryl methyl sites for hydroxylation is 1. The summed E-state index contributed by atoms with van der Waals surface area (Å²) in [7, 11) is 0. The number of aromatic nitrogens is 1. The smallest absolute Gasteiger partial charge is 0.220 e. The van der Waals surface area contributed by atoms with Gasteiger partial charge in [0.05, 0.1) is 34.5 Å². The molecule has 3 aromatic rings. The second kappa shape index (κ2) is 9.96. The molecular weight excluding hydrogens is 382 g/mol. The summed E-state index contributed by atoms with van der Waals surface area (Å²) < 4.78 is 6.66. The summed E-state index contributed by atoms with van der Waals surface area (Å²) >= 11 is 1.72. The van der Waals surface area contributed by atoms with Gasteiger partial charge in [-0.2, -0.15) is 0 Å². The number of carbonyl (C=O) groups is 1. The quantitative estimate of drug-likeness (QED) is 0.615. The van der Waals surface area contributed by atoms with Gasteiger partial charge in [-0.3, -0.25) is 9.69 Å². The molecule has 1 atom stereocenters. The number of benzene rings is 2. The van der Waals surface area contributed by atoms with Crippen molar-refractivity contribution in [2.45, 2.75) is 25.3 Å². The van der Waals surface area contributed by atoms with Crippen LogP contribution in [0.4, 0.5) is 0 Å². The molecule has 1 aromatic heterocycles. The van der Waals surface area contributed by atoms with E-state index < -0.39 is 0 Å². The number of hydrogen-bond donors (Lipinski definition) is 1. The highest BCUT2D eigenvalue weighted by molar-refractivity contribution is 7.18. The maximum atomic E-state index is 12.7. The molecular formula is C23H27N3O2S. The zero-order valence-corrected chi connectivity index (χ0v) is 17.4. The molecule has 0 bridgehead atoms. The molecule has 1 aliphatic heterocycles. The Morgan fingerprint density at radius 2 is 1.86 bits per heavy atom. The molecule has 0 aliphatic carbocycles. The molecule has 1 fully saturated rings. The fraction of sp³-hybridized carbons (Fsp3) is 0.391. The van der Waals surface area contributed by atoms with Gasteiger partial charge < -0.3 is 10.1 Å². The molecule has 1 saturated heterocycles. The van der Waals surface area contributed by atoms with Crippen molar-refractivity contribution in [3.63, 3.8) is 0 Å². The van der Waals surface area contributed by atoms with Crippen LogP contribution in [-0.4, -0.2) is 48.6 Å². The molecule has 0 radical (unpaired) electrons. The lowest BCUT2D eigenvalue weighted by Gasteiger charge is -2.31. The number of ether oxygens (including phenoxy) is 1. The van der Waals surface area contributed by atoms with E-state index in [-0.39, 0.29) is 11.9 Å². The number of nitrogens with zero attached hydrogens (tertiary/aromatic N) is 2. The van der Waals surface area contributed by atoms with E-state index in [0.29, 0.717) is 6.42 Å². The number of para-hydroxylation sites is 1. The molecule has 6 heteroatoms. The third-order valence-corrected chi connectivity index (χ3v) is 6.31. The van der Waals surface area contributed by atoms with E-state index >= 15 is 0 Å². The van der Waals surface area contributed by atoms with Crippen LogP contribution in [0.25, 0.3) is 10.2 Å². The first-order chi connectivity index (χ1) is 14.3. The van der Waals surface area contributed by atoms with Crippen molar-refractivity contribution in [2.75, 3.05) is 32.8 Å². The normalized spacial score (nSPS) is 16.0. The van der Waals surface area contributed by atoms with Gasteiger partial charge in [0, 0.05) is 26.1 Å². The number of rotatable bonds is 8. The molecule has 5 nitrogen and oxygen atoms in total. The van der Waals surface area contributed by atoms with Crippen LogP contribution in [0.1, 0.15) is 29.5 Å². The van der Waals surface area contributed by atoms with Crippen LogP contribution in [0, 0.1) is 0 Å². The lowest BCUT2D eigenvalue weighted by Crippen LogP contribution is -2.43. The molecule has 2 heterocycles. The number of morpholine rings is 1. The molecule has 1 unspecified atom stereocenters. The number of fused-ring (bicyclic) bond motifs is 1. The van der Waals surface area contributed by atoms with E-state index in [9.17, 15) is 4.79 Å². The molecule has 2 aromatic carbocycles. The van der Waals surface area contributed by atoms with E-state index in [1.54, 1.807) is 11.3 Å². The van der Waals surface area contributed by atoms with Crippen molar-refractivity contribution in [3.05, 3.63) is 65.2 Å². The molecule has 1 amide bonds. The van der Waals surface area contributed by atoms with Crippen LogP contribution in [0.2, 0.25) is 0 Å². The Hall–Kier alpha value is -2.28. The van der Waals surface area contributed by atoms with E-state index in [1.165, 1.54) is 4.70 Å². The summed E-state index contributed by atoms with van der Waals surface area (Å²) in [5.74, 6) is 0.105. The highest BCUT2D eigenvalue weighted by Crippen LogP contribution is 2.23.